The van der Waals surface area contributed by atoms with Gasteiger partial charge in [0, 0.05) is 0 Å². The fourth-order valence-electron chi connectivity index (χ4n) is 1.24. The van der Waals surface area contributed by atoms with Crippen molar-refractivity contribution in [1.82, 2.24) is 4.98 Å². The molecule has 0 saturated carbocycles. The zero-order valence-corrected chi connectivity index (χ0v) is 9.61. The third kappa shape index (κ3) is 1.83. The number of H-pyrrole nitrogens is 1. The van der Waals surface area contributed by atoms with Crippen molar-refractivity contribution in [3.8, 4) is 0 Å². The van der Waals surface area contributed by atoms with E-state index >= 15 is 0 Å². The summed E-state index contributed by atoms with van der Waals surface area (Å²) in [6.07, 6.45) is 9.93. The molecule has 0 bridgehead atoms. The summed E-state index contributed by atoms with van der Waals surface area (Å²) >= 11 is 0.249. The molecule has 1 aromatic heterocycles. The summed E-state index contributed by atoms with van der Waals surface area (Å²) in [5.41, 5.74) is 2.84. The molecule has 1 aliphatic carbocycles. The second kappa shape index (κ2) is 3.63. The molecule has 0 atom stereocenters. The molecule has 2 heteroatoms. The molecular formula is C11H13NRu. The molecule has 0 aromatic carbocycles. The SMILES string of the molecule is Cc1c[nH][c]([Ru][C]2=CC=CC2)c1C. The van der Waals surface area contributed by atoms with Crippen molar-refractivity contribution in [2.45, 2.75) is 20.3 Å². The Bertz CT molecular complexity index is 371. The van der Waals surface area contributed by atoms with Crippen molar-refractivity contribution in [2.75, 3.05) is 0 Å². The number of allylic oxidation sites excluding steroid dienone is 4. The van der Waals surface area contributed by atoms with Gasteiger partial charge in [-0.15, -0.1) is 0 Å². The maximum atomic E-state index is 3.37. The predicted molar refractivity (Wildman–Crippen MR) is 51.7 cm³/mol. The van der Waals surface area contributed by atoms with Gasteiger partial charge in [-0.1, -0.05) is 0 Å². The summed E-state index contributed by atoms with van der Waals surface area (Å²) in [7, 11) is 0. The first-order chi connectivity index (χ1) is 6.27. The van der Waals surface area contributed by atoms with Gasteiger partial charge in [0.05, 0.1) is 0 Å². The van der Waals surface area contributed by atoms with Gasteiger partial charge in [0.1, 0.15) is 0 Å². The Hall–Kier alpha value is -0.617. The standard InChI is InChI=1S/C6H8N.C5H5.Ru/c1-5-3-7-4-6(5)2;1-2-4-5-3-1;/h3,7H,1-2H3;1-3H,4H2;. The van der Waals surface area contributed by atoms with Gasteiger partial charge in [0.15, 0.2) is 0 Å². The predicted octanol–water partition coefficient (Wildman–Crippen LogP) is 2.18. The molecule has 1 aliphatic rings. The van der Waals surface area contributed by atoms with E-state index in [-0.39, 0.29) is 17.1 Å². The molecular weight excluding hydrogens is 247 g/mol. The summed E-state index contributed by atoms with van der Waals surface area (Å²) in [5.74, 6) is 0. The molecule has 1 heterocycles. The number of rotatable bonds is 2. The van der Waals surface area contributed by atoms with Crippen molar-refractivity contribution in [3.05, 3.63) is 39.7 Å². The van der Waals surface area contributed by atoms with Crippen LogP contribution in [0.25, 0.3) is 0 Å². The minimum absolute atomic E-state index is 0.249. The summed E-state index contributed by atoms with van der Waals surface area (Å²) < 4.78 is 3.05. The summed E-state index contributed by atoms with van der Waals surface area (Å²) in [5, 5.41) is 0. The van der Waals surface area contributed by atoms with Crippen LogP contribution in [-0.4, -0.2) is 4.98 Å². The first kappa shape index (κ1) is 8.96. The first-order valence-electron chi connectivity index (χ1n) is 4.40. The number of hydrogen-bond donors (Lipinski definition) is 1. The zero-order valence-electron chi connectivity index (χ0n) is 7.87. The molecule has 0 spiro atoms. The normalized spacial score (nSPS) is 15.4. The molecule has 0 amide bonds. The zero-order chi connectivity index (χ0) is 9.26. The van der Waals surface area contributed by atoms with Crippen molar-refractivity contribution in [3.63, 3.8) is 0 Å². The van der Waals surface area contributed by atoms with Crippen molar-refractivity contribution in [2.24, 2.45) is 0 Å². The van der Waals surface area contributed by atoms with Gasteiger partial charge in [-0.3, -0.25) is 0 Å². The molecule has 1 aromatic rings. The molecule has 0 unspecified atom stereocenters. The molecule has 0 aliphatic heterocycles. The van der Waals surface area contributed by atoms with Gasteiger partial charge in [-0.2, -0.15) is 0 Å². The Morgan fingerprint density at radius 3 is 2.77 bits per heavy atom. The number of aromatic nitrogens is 1. The molecule has 1 N–H and O–H groups in total. The van der Waals surface area contributed by atoms with E-state index in [2.05, 4.69) is 43.3 Å². The van der Waals surface area contributed by atoms with Gasteiger partial charge in [0.25, 0.3) is 0 Å². The Morgan fingerprint density at radius 2 is 2.23 bits per heavy atom. The van der Waals surface area contributed by atoms with Crippen LogP contribution in [0.15, 0.2) is 28.6 Å². The van der Waals surface area contributed by atoms with Crippen LogP contribution in [0.4, 0.5) is 0 Å². The van der Waals surface area contributed by atoms with Crippen LogP contribution in [0, 0.1) is 13.8 Å². The third-order valence-corrected chi connectivity index (χ3v) is 4.78. The van der Waals surface area contributed by atoms with Crippen molar-refractivity contribution >= 4 is 4.29 Å². The molecule has 0 radical (unpaired) electrons. The topological polar surface area (TPSA) is 15.8 Å². The van der Waals surface area contributed by atoms with Gasteiger partial charge >= 0.3 is 86.4 Å². The average Bonchev–Trinajstić information content (AvgIpc) is 2.71. The Morgan fingerprint density at radius 1 is 1.38 bits per heavy atom. The van der Waals surface area contributed by atoms with Crippen LogP contribution in [0.5, 0.6) is 0 Å². The Balaban J connectivity index is 2.14. The number of nitrogens with one attached hydrogen (secondary N) is 1. The summed E-state index contributed by atoms with van der Waals surface area (Å²) in [6, 6.07) is 0. The van der Waals surface area contributed by atoms with E-state index in [1.54, 1.807) is 4.17 Å². The molecule has 0 fully saturated rings. The minimum atomic E-state index is 0.249. The van der Waals surface area contributed by atoms with Crippen LogP contribution >= 0.6 is 0 Å². The van der Waals surface area contributed by atoms with Gasteiger partial charge in [0.2, 0.25) is 0 Å². The van der Waals surface area contributed by atoms with Gasteiger partial charge in [-0.25, -0.2) is 0 Å². The first-order valence-corrected chi connectivity index (χ1v) is 6.14. The summed E-state index contributed by atoms with van der Waals surface area (Å²) in [6.45, 7) is 4.37. The van der Waals surface area contributed by atoms with Crippen molar-refractivity contribution in [1.29, 1.82) is 0 Å². The monoisotopic (exact) mass is 261 g/mol. The fourth-order valence-corrected chi connectivity index (χ4v) is 3.41. The van der Waals surface area contributed by atoms with E-state index in [1.165, 1.54) is 15.4 Å². The van der Waals surface area contributed by atoms with E-state index in [0.717, 1.165) is 6.42 Å². The summed E-state index contributed by atoms with van der Waals surface area (Å²) in [4.78, 5) is 3.37. The van der Waals surface area contributed by atoms with E-state index in [1.807, 2.05) is 0 Å². The fraction of sp³-hybridized carbons (Fsp3) is 0.273. The van der Waals surface area contributed by atoms with Gasteiger partial charge < -0.3 is 0 Å². The maximum absolute atomic E-state index is 3.37. The van der Waals surface area contributed by atoms with Gasteiger partial charge in [-0.05, 0) is 0 Å². The molecule has 2 rings (SSSR count). The van der Waals surface area contributed by atoms with Crippen molar-refractivity contribution < 1.29 is 17.1 Å². The van der Waals surface area contributed by atoms with Crippen LogP contribution < -0.4 is 4.29 Å². The Labute approximate surface area is 86.5 Å². The molecule has 0 saturated heterocycles. The second-order valence-corrected chi connectivity index (χ2v) is 5.64. The van der Waals surface area contributed by atoms with Crippen LogP contribution in [0.2, 0.25) is 0 Å². The number of hydrogen-bond acceptors (Lipinski definition) is 0. The van der Waals surface area contributed by atoms with Crippen LogP contribution in [0.1, 0.15) is 17.5 Å². The second-order valence-electron chi connectivity index (χ2n) is 3.22. The molecule has 13 heavy (non-hydrogen) atoms. The number of aromatic amines is 1. The quantitative estimate of drug-likeness (QED) is 0.785. The van der Waals surface area contributed by atoms with E-state index < -0.39 is 0 Å². The molecule has 70 valence electrons. The average molecular weight is 260 g/mol. The van der Waals surface area contributed by atoms with Crippen LogP contribution in [0.3, 0.4) is 0 Å². The number of aryl methyl sites for hydroxylation is 1. The van der Waals surface area contributed by atoms with E-state index in [0.29, 0.717) is 0 Å². The Kier molecular flexibility index (Phi) is 2.50. The van der Waals surface area contributed by atoms with E-state index in [4.69, 9.17) is 0 Å². The molecule has 1 nitrogen and oxygen atoms in total. The third-order valence-electron chi connectivity index (χ3n) is 2.24. The van der Waals surface area contributed by atoms with Crippen LogP contribution in [-0.2, 0) is 17.1 Å². The van der Waals surface area contributed by atoms with E-state index in [9.17, 15) is 0 Å².